The number of carboxylic acids is 1. The van der Waals surface area contributed by atoms with Crippen LogP contribution in [-0.2, 0) is 16.4 Å². The van der Waals surface area contributed by atoms with Crippen molar-refractivity contribution in [2.24, 2.45) is 0 Å². The Balaban J connectivity index is 3.40. The number of aromatic carboxylic acids is 1. The van der Waals surface area contributed by atoms with E-state index >= 15 is 0 Å². The molecule has 5 nitrogen and oxygen atoms in total. The maximum atomic E-state index is 12.6. The molecule has 0 amide bonds. The Morgan fingerprint density at radius 3 is 2.29 bits per heavy atom. The third-order valence-electron chi connectivity index (χ3n) is 4.07. The van der Waals surface area contributed by atoms with Crippen LogP contribution in [-0.4, -0.2) is 36.4 Å². The molecule has 0 aromatic heterocycles. The molecule has 0 unspecified atom stereocenters. The minimum Gasteiger partial charge on any atom is -0.478 e. The molecule has 0 spiro atoms. The maximum Gasteiger partial charge on any atom is 0.336 e. The molecule has 0 fully saturated rings. The molecule has 118 valence electrons. The van der Waals surface area contributed by atoms with E-state index in [9.17, 15) is 18.3 Å². The van der Waals surface area contributed by atoms with Crippen LogP contribution < -0.4 is 0 Å². The van der Waals surface area contributed by atoms with Crippen molar-refractivity contribution < 1.29 is 18.3 Å². The predicted octanol–water partition coefficient (Wildman–Crippen LogP) is 2.76. The number of hydrogen-bond donors (Lipinski definition) is 1. The molecule has 0 radical (unpaired) electrons. The number of nitrogens with zero attached hydrogens (tertiary/aromatic N) is 1. The average Bonchev–Trinajstić information content (AvgIpc) is 2.45. The number of sulfonamides is 1. The zero-order chi connectivity index (χ0) is 16.4. The first-order valence-corrected chi connectivity index (χ1v) is 8.37. The molecular formula is C15H23NO4S. The third-order valence-corrected chi connectivity index (χ3v) is 6.13. The van der Waals surface area contributed by atoms with Gasteiger partial charge in [-0.15, -0.1) is 0 Å². The molecule has 1 aromatic rings. The van der Waals surface area contributed by atoms with Gasteiger partial charge in [-0.25, -0.2) is 13.2 Å². The van der Waals surface area contributed by atoms with Gasteiger partial charge in [-0.05, 0) is 44.4 Å². The Kier molecular flexibility index (Phi) is 5.17. The highest BCUT2D eigenvalue weighted by atomic mass is 32.2. The minimum atomic E-state index is -3.72. The van der Waals surface area contributed by atoms with Crippen molar-refractivity contribution in [3.05, 3.63) is 29.3 Å². The second-order valence-electron chi connectivity index (χ2n) is 5.62. The highest BCUT2D eigenvalue weighted by molar-refractivity contribution is 7.89. The fourth-order valence-electron chi connectivity index (χ4n) is 1.93. The van der Waals surface area contributed by atoms with Gasteiger partial charge in [-0.3, -0.25) is 0 Å². The maximum absolute atomic E-state index is 12.6. The van der Waals surface area contributed by atoms with Crippen LogP contribution in [0.3, 0.4) is 0 Å². The van der Waals surface area contributed by atoms with Gasteiger partial charge in [0.1, 0.15) is 0 Å². The van der Waals surface area contributed by atoms with Crippen molar-refractivity contribution in [1.29, 1.82) is 0 Å². The van der Waals surface area contributed by atoms with E-state index in [0.717, 1.165) is 0 Å². The molecule has 0 atom stereocenters. The second kappa shape index (κ2) is 6.15. The number of carbonyl (C=O) groups is 1. The molecule has 0 saturated heterocycles. The van der Waals surface area contributed by atoms with Crippen molar-refractivity contribution >= 4 is 16.0 Å². The Morgan fingerprint density at radius 1 is 1.29 bits per heavy atom. The first kappa shape index (κ1) is 17.7. The van der Waals surface area contributed by atoms with Crippen molar-refractivity contribution in [3.63, 3.8) is 0 Å². The topological polar surface area (TPSA) is 74.7 Å². The number of carboxylic acid groups (broad SMARTS) is 1. The Hall–Kier alpha value is -1.40. The number of benzene rings is 1. The fraction of sp³-hybridized carbons (Fsp3) is 0.533. The summed E-state index contributed by atoms with van der Waals surface area (Å²) in [4.78, 5) is 11.3. The minimum absolute atomic E-state index is 0.0149. The normalized spacial score (nSPS) is 12.7. The first-order valence-electron chi connectivity index (χ1n) is 6.93. The summed E-state index contributed by atoms with van der Waals surface area (Å²) in [6, 6.07) is 4.30. The van der Waals surface area contributed by atoms with Gasteiger partial charge in [-0.2, -0.15) is 4.31 Å². The van der Waals surface area contributed by atoms with Crippen molar-refractivity contribution in [2.45, 2.75) is 51.0 Å². The van der Waals surface area contributed by atoms with Gasteiger partial charge in [0.2, 0.25) is 10.0 Å². The third kappa shape index (κ3) is 3.44. The van der Waals surface area contributed by atoms with Crippen molar-refractivity contribution in [1.82, 2.24) is 4.31 Å². The molecule has 1 rings (SSSR count). The molecule has 1 N–H and O–H groups in total. The monoisotopic (exact) mass is 313 g/mol. The van der Waals surface area contributed by atoms with Gasteiger partial charge in [0, 0.05) is 12.6 Å². The van der Waals surface area contributed by atoms with Crippen LogP contribution in [0.5, 0.6) is 0 Å². The fourth-order valence-corrected chi connectivity index (χ4v) is 3.53. The predicted molar refractivity (Wildman–Crippen MR) is 82.1 cm³/mol. The number of aryl methyl sites for hydroxylation is 1. The van der Waals surface area contributed by atoms with E-state index < -0.39 is 21.5 Å². The summed E-state index contributed by atoms with van der Waals surface area (Å²) >= 11 is 0. The van der Waals surface area contributed by atoms with E-state index in [1.54, 1.807) is 6.07 Å². The SMILES string of the molecule is CCc1ccc(S(=O)(=O)N(C)C(C)(C)CC)cc1C(=O)O. The van der Waals surface area contributed by atoms with Crippen molar-refractivity contribution in [2.75, 3.05) is 7.05 Å². The number of hydrogen-bond acceptors (Lipinski definition) is 3. The van der Waals surface area contributed by atoms with Crippen LogP contribution in [0.1, 0.15) is 50.0 Å². The lowest BCUT2D eigenvalue weighted by molar-refractivity contribution is 0.0695. The highest BCUT2D eigenvalue weighted by Crippen LogP contribution is 2.26. The number of rotatable bonds is 6. The van der Waals surface area contributed by atoms with E-state index in [4.69, 9.17) is 0 Å². The molecule has 6 heteroatoms. The second-order valence-corrected chi connectivity index (χ2v) is 7.59. The Morgan fingerprint density at radius 2 is 1.86 bits per heavy atom. The van der Waals surface area contributed by atoms with Crippen molar-refractivity contribution in [3.8, 4) is 0 Å². The van der Waals surface area contributed by atoms with Gasteiger partial charge in [0.25, 0.3) is 0 Å². The summed E-state index contributed by atoms with van der Waals surface area (Å²) < 4.78 is 26.6. The zero-order valence-corrected chi connectivity index (χ0v) is 14.0. The standard InChI is InChI=1S/C15H23NO4S/c1-6-11-8-9-12(10-13(11)14(17)18)21(19,20)16(5)15(3,4)7-2/h8-10H,6-7H2,1-5H3,(H,17,18). The van der Waals surface area contributed by atoms with E-state index in [1.165, 1.54) is 23.5 Å². The molecule has 0 heterocycles. The molecule has 0 aliphatic carbocycles. The summed E-state index contributed by atoms with van der Waals surface area (Å²) in [6.07, 6.45) is 1.19. The summed E-state index contributed by atoms with van der Waals surface area (Å²) in [6.45, 7) is 7.42. The van der Waals surface area contributed by atoms with Gasteiger partial charge >= 0.3 is 5.97 Å². The lowest BCUT2D eigenvalue weighted by atomic mass is 10.0. The molecule has 1 aromatic carbocycles. The Bertz CT molecular complexity index is 635. The smallest absolute Gasteiger partial charge is 0.336 e. The highest BCUT2D eigenvalue weighted by Gasteiger charge is 2.33. The van der Waals surface area contributed by atoms with E-state index in [2.05, 4.69) is 0 Å². The first-order chi connectivity index (χ1) is 9.57. The molecular weight excluding hydrogens is 290 g/mol. The van der Waals surface area contributed by atoms with Gasteiger partial charge in [0.15, 0.2) is 0 Å². The zero-order valence-electron chi connectivity index (χ0n) is 13.2. The molecule has 21 heavy (non-hydrogen) atoms. The van der Waals surface area contributed by atoms with Crippen LogP contribution >= 0.6 is 0 Å². The van der Waals surface area contributed by atoms with E-state index in [-0.39, 0.29) is 10.5 Å². The summed E-state index contributed by atoms with van der Waals surface area (Å²) in [5, 5.41) is 9.22. The van der Waals surface area contributed by atoms with Gasteiger partial charge in [-0.1, -0.05) is 19.9 Å². The average molecular weight is 313 g/mol. The van der Waals surface area contributed by atoms with Crippen LogP contribution in [0.15, 0.2) is 23.1 Å². The lowest BCUT2D eigenvalue weighted by Gasteiger charge is -2.33. The molecule has 0 saturated carbocycles. The summed E-state index contributed by atoms with van der Waals surface area (Å²) in [5.41, 5.74) is 0.131. The molecule has 0 aliphatic heterocycles. The van der Waals surface area contributed by atoms with E-state index in [0.29, 0.717) is 18.4 Å². The van der Waals surface area contributed by atoms with Gasteiger partial charge < -0.3 is 5.11 Å². The summed E-state index contributed by atoms with van der Waals surface area (Å²) in [5.74, 6) is -1.11. The van der Waals surface area contributed by atoms with Crippen LogP contribution in [0.4, 0.5) is 0 Å². The Labute approximate surface area is 126 Å². The van der Waals surface area contributed by atoms with E-state index in [1.807, 2.05) is 27.7 Å². The molecule has 0 bridgehead atoms. The van der Waals surface area contributed by atoms with Crippen LogP contribution in [0, 0.1) is 0 Å². The quantitative estimate of drug-likeness (QED) is 0.876. The van der Waals surface area contributed by atoms with Crippen LogP contribution in [0.2, 0.25) is 0 Å². The largest absolute Gasteiger partial charge is 0.478 e. The van der Waals surface area contributed by atoms with Gasteiger partial charge in [0.05, 0.1) is 10.5 Å². The lowest BCUT2D eigenvalue weighted by Crippen LogP contribution is -2.44. The summed E-state index contributed by atoms with van der Waals surface area (Å²) in [7, 11) is -2.20. The van der Waals surface area contributed by atoms with Crippen LogP contribution in [0.25, 0.3) is 0 Å². The molecule has 0 aliphatic rings.